The molecular weight excluding hydrogens is 216 g/mol. The average Bonchev–Trinajstić information content (AvgIpc) is 2.31. The molecule has 0 spiro atoms. The van der Waals surface area contributed by atoms with E-state index < -0.39 is 0 Å². The van der Waals surface area contributed by atoms with Crippen LogP contribution in [0.5, 0.6) is 0 Å². The van der Waals surface area contributed by atoms with Crippen LogP contribution >= 0.6 is 0 Å². The molecule has 4 heteroatoms. The van der Waals surface area contributed by atoms with Crippen LogP contribution in [0.25, 0.3) is 6.08 Å². The van der Waals surface area contributed by atoms with Crippen molar-refractivity contribution in [3.63, 3.8) is 0 Å². The highest BCUT2D eigenvalue weighted by Gasteiger charge is 2.00. The topological polar surface area (TPSA) is 76.1 Å². The highest BCUT2D eigenvalue weighted by molar-refractivity contribution is 5.73. The Labute approximate surface area is 100 Å². The number of benzene rings is 1. The van der Waals surface area contributed by atoms with Crippen molar-refractivity contribution in [3.8, 4) is 6.07 Å². The zero-order valence-corrected chi connectivity index (χ0v) is 9.64. The number of ether oxygens (including phenoxy) is 1. The molecule has 0 heterocycles. The summed E-state index contributed by atoms with van der Waals surface area (Å²) in [5, 5.41) is 8.90. The van der Waals surface area contributed by atoms with Crippen molar-refractivity contribution < 1.29 is 9.53 Å². The van der Waals surface area contributed by atoms with Crippen LogP contribution in [-0.2, 0) is 9.53 Å². The molecule has 0 bridgehead atoms. The van der Waals surface area contributed by atoms with Crippen molar-refractivity contribution in [2.24, 2.45) is 0 Å². The summed E-state index contributed by atoms with van der Waals surface area (Å²) in [6.45, 7) is 2.13. The highest BCUT2D eigenvalue weighted by atomic mass is 16.5. The van der Waals surface area contributed by atoms with E-state index in [-0.39, 0.29) is 12.4 Å². The standard InChI is InChI=1S/C13H14N2O2/c1-2-17-13(16)5-3-4-10-6-7-12(15)8-11(10)9-14/h3-4,6-8H,2,5,15H2,1H3. The molecule has 0 aliphatic rings. The molecule has 1 aromatic carbocycles. The number of esters is 1. The van der Waals surface area contributed by atoms with Crippen LogP contribution in [-0.4, -0.2) is 12.6 Å². The van der Waals surface area contributed by atoms with Crippen LogP contribution in [0.3, 0.4) is 0 Å². The SMILES string of the molecule is CCOC(=O)CC=Cc1ccc(N)cc1C#N. The zero-order valence-electron chi connectivity index (χ0n) is 9.64. The van der Waals surface area contributed by atoms with E-state index in [1.54, 1.807) is 37.3 Å². The van der Waals surface area contributed by atoms with Gasteiger partial charge in [-0.15, -0.1) is 0 Å². The third-order valence-electron chi connectivity index (χ3n) is 2.09. The van der Waals surface area contributed by atoms with Crippen molar-refractivity contribution >= 4 is 17.7 Å². The fourth-order valence-corrected chi connectivity index (χ4v) is 1.32. The molecule has 0 unspecified atom stereocenters. The number of carbonyl (C=O) groups is 1. The summed E-state index contributed by atoms with van der Waals surface area (Å²) >= 11 is 0. The Balaban J connectivity index is 2.72. The van der Waals surface area contributed by atoms with Crippen LogP contribution in [0, 0.1) is 11.3 Å². The number of rotatable bonds is 4. The van der Waals surface area contributed by atoms with Crippen molar-refractivity contribution in [1.29, 1.82) is 5.26 Å². The number of anilines is 1. The van der Waals surface area contributed by atoms with Gasteiger partial charge in [0.2, 0.25) is 0 Å². The first-order valence-electron chi connectivity index (χ1n) is 5.29. The van der Waals surface area contributed by atoms with E-state index in [2.05, 4.69) is 6.07 Å². The molecule has 0 saturated carbocycles. The van der Waals surface area contributed by atoms with E-state index >= 15 is 0 Å². The Morgan fingerprint density at radius 2 is 2.35 bits per heavy atom. The third-order valence-corrected chi connectivity index (χ3v) is 2.09. The van der Waals surface area contributed by atoms with Gasteiger partial charge in [0.15, 0.2) is 0 Å². The predicted molar refractivity (Wildman–Crippen MR) is 65.9 cm³/mol. The number of hydrogen-bond acceptors (Lipinski definition) is 4. The summed E-state index contributed by atoms with van der Waals surface area (Å²) in [5.74, 6) is -0.280. The largest absolute Gasteiger partial charge is 0.466 e. The van der Waals surface area contributed by atoms with E-state index in [0.717, 1.165) is 5.56 Å². The summed E-state index contributed by atoms with van der Waals surface area (Å²) in [5.41, 5.74) is 7.35. The van der Waals surface area contributed by atoms with Gasteiger partial charge in [-0.3, -0.25) is 4.79 Å². The van der Waals surface area contributed by atoms with Gasteiger partial charge in [0.1, 0.15) is 0 Å². The number of nitriles is 1. The van der Waals surface area contributed by atoms with Crippen LogP contribution in [0.15, 0.2) is 24.3 Å². The lowest BCUT2D eigenvalue weighted by atomic mass is 10.1. The van der Waals surface area contributed by atoms with Gasteiger partial charge in [-0.1, -0.05) is 18.2 Å². The van der Waals surface area contributed by atoms with Crippen molar-refractivity contribution in [2.45, 2.75) is 13.3 Å². The lowest BCUT2D eigenvalue weighted by Crippen LogP contribution is -2.01. The van der Waals surface area contributed by atoms with Gasteiger partial charge in [0.05, 0.1) is 24.7 Å². The Bertz CT molecular complexity index is 473. The third kappa shape index (κ3) is 3.99. The fraction of sp³-hybridized carbons (Fsp3) is 0.231. The minimum Gasteiger partial charge on any atom is -0.466 e. The Morgan fingerprint density at radius 3 is 3.00 bits per heavy atom. The van der Waals surface area contributed by atoms with Crippen LogP contribution in [0.4, 0.5) is 5.69 Å². The Morgan fingerprint density at radius 1 is 1.59 bits per heavy atom. The first kappa shape index (κ1) is 12.8. The lowest BCUT2D eigenvalue weighted by molar-refractivity contribution is -0.142. The first-order chi connectivity index (χ1) is 8.17. The van der Waals surface area contributed by atoms with Crippen molar-refractivity contribution in [2.75, 3.05) is 12.3 Å². The van der Waals surface area contributed by atoms with Gasteiger partial charge in [-0.05, 0) is 24.6 Å². The van der Waals surface area contributed by atoms with E-state index in [1.807, 2.05) is 0 Å². The number of nitrogens with two attached hydrogens (primary N) is 1. The molecule has 0 atom stereocenters. The second-order valence-corrected chi connectivity index (χ2v) is 3.37. The number of nitrogens with zero attached hydrogens (tertiary/aromatic N) is 1. The fourth-order valence-electron chi connectivity index (χ4n) is 1.32. The smallest absolute Gasteiger partial charge is 0.309 e. The minimum absolute atomic E-state index is 0.198. The molecule has 0 radical (unpaired) electrons. The van der Waals surface area contributed by atoms with Crippen molar-refractivity contribution in [3.05, 3.63) is 35.4 Å². The maximum Gasteiger partial charge on any atom is 0.309 e. The molecule has 2 N–H and O–H groups in total. The molecule has 0 saturated heterocycles. The molecule has 0 aromatic heterocycles. The van der Waals surface area contributed by atoms with Gasteiger partial charge in [0.25, 0.3) is 0 Å². The molecule has 1 rings (SSSR count). The van der Waals surface area contributed by atoms with Gasteiger partial charge in [-0.25, -0.2) is 0 Å². The molecule has 0 amide bonds. The first-order valence-corrected chi connectivity index (χ1v) is 5.29. The molecule has 88 valence electrons. The average molecular weight is 230 g/mol. The molecule has 17 heavy (non-hydrogen) atoms. The second-order valence-electron chi connectivity index (χ2n) is 3.37. The van der Waals surface area contributed by atoms with E-state index in [0.29, 0.717) is 17.9 Å². The second kappa shape index (κ2) is 6.33. The van der Waals surface area contributed by atoms with E-state index in [4.69, 9.17) is 15.7 Å². The number of carbonyl (C=O) groups excluding carboxylic acids is 1. The van der Waals surface area contributed by atoms with E-state index in [1.165, 1.54) is 0 Å². The van der Waals surface area contributed by atoms with Crippen LogP contribution in [0.1, 0.15) is 24.5 Å². The van der Waals surface area contributed by atoms with Gasteiger partial charge < -0.3 is 10.5 Å². The number of nitrogen functional groups attached to an aromatic ring is 1. The minimum atomic E-state index is -0.280. The summed E-state index contributed by atoms with van der Waals surface area (Å²) in [6.07, 6.45) is 3.59. The monoisotopic (exact) mass is 230 g/mol. The zero-order chi connectivity index (χ0) is 12.7. The lowest BCUT2D eigenvalue weighted by Gasteiger charge is -2.00. The summed E-state index contributed by atoms with van der Waals surface area (Å²) in [6, 6.07) is 7.11. The molecule has 1 aromatic rings. The molecular formula is C13H14N2O2. The number of hydrogen-bond donors (Lipinski definition) is 1. The van der Waals surface area contributed by atoms with Crippen LogP contribution < -0.4 is 5.73 Å². The van der Waals surface area contributed by atoms with Gasteiger partial charge >= 0.3 is 5.97 Å². The van der Waals surface area contributed by atoms with E-state index in [9.17, 15) is 4.79 Å². The molecule has 0 fully saturated rings. The maximum atomic E-state index is 11.1. The Kier molecular flexibility index (Phi) is 4.77. The molecule has 0 aliphatic heterocycles. The highest BCUT2D eigenvalue weighted by Crippen LogP contribution is 2.14. The summed E-state index contributed by atoms with van der Waals surface area (Å²) in [4.78, 5) is 11.1. The quantitative estimate of drug-likeness (QED) is 0.634. The van der Waals surface area contributed by atoms with Gasteiger partial charge in [-0.2, -0.15) is 5.26 Å². The Hall–Kier alpha value is -2.28. The van der Waals surface area contributed by atoms with Crippen molar-refractivity contribution in [1.82, 2.24) is 0 Å². The normalized spacial score (nSPS) is 10.1. The predicted octanol–water partition coefficient (Wildman–Crippen LogP) is 2.11. The molecule has 4 nitrogen and oxygen atoms in total. The van der Waals surface area contributed by atoms with Crippen LogP contribution in [0.2, 0.25) is 0 Å². The summed E-state index contributed by atoms with van der Waals surface area (Å²) in [7, 11) is 0. The maximum absolute atomic E-state index is 11.1. The molecule has 0 aliphatic carbocycles. The summed E-state index contributed by atoms with van der Waals surface area (Å²) < 4.78 is 4.78. The van der Waals surface area contributed by atoms with Gasteiger partial charge in [0, 0.05) is 5.69 Å².